The zero-order valence-corrected chi connectivity index (χ0v) is 16.6. The zero-order chi connectivity index (χ0) is 19.6. The molecule has 1 saturated heterocycles. The second-order valence-corrected chi connectivity index (χ2v) is 7.30. The van der Waals surface area contributed by atoms with Crippen LogP contribution in [0.5, 0.6) is 5.75 Å². The second kappa shape index (κ2) is 8.19. The van der Waals surface area contributed by atoms with Crippen molar-refractivity contribution in [3.63, 3.8) is 0 Å². The molecule has 1 atom stereocenters. The van der Waals surface area contributed by atoms with Gasteiger partial charge in [0.1, 0.15) is 11.8 Å². The maximum Gasteiger partial charge on any atom is 0.261 e. The Morgan fingerprint density at radius 1 is 1.11 bits per heavy atom. The van der Waals surface area contributed by atoms with E-state index in [9.17, 15) is 9.59 Å². The van der Waals surface area contributed by atoms with Crippen LogP contribution in [0.4, 0.5) is 5.69 Å². The Kier molecular flexibility index (Phi) is 5.92. The van der Waals surface area contributed by atoms with E-state index in [0.29, 0.717) is 28.9 Å². The first-order valence-corrected chi connectivity index (χ1v) is 9.38. The minimum atomic E-state index is -0.560. The molecule has 1 aliphatic rings. The molecule has 0 N–H and O–H groups in total. The molecule has 5 nitrogen and oxygen atoms in total. The van der Waals surface area contributed by atoms with E-state index in [0.717, 1.165) is 11.3 Å². The van der Waals surface area contributed by atoms with Gasteiger partial charge in [0.05, 0.1) is 0 Å². The van der Waals surface area contributed by atoms with Gasteiger partial charge in [0.25, 0.3) is 5.91 Å². The Hall–Kier alpha value is -2.24. The van der Waals surface area contributed by atoms with Gasteiger partial charge in [0.15, 0.2) is 6.61 Å². The van der Waals surface area contributed by atoms with E-state index in [1.807, 2.05) is 19.1 Å². The van der Waals surface area contributed by atoms with Crippen LogP contribution in [0.1, 0.15) is 12.5 Å². The van der Waals surface area contributed by atoms with Gasteiger partial charge >= 0.3 is 0 Å². The topological polar surface area (TPSA) is 49.9 Å². The summed E-state index contributed by atoms with van der Waals surface area (Å²) in [7, 11) is 0. The average molecular weight is 407 g/mol. The first-order chi connectivity index (χ1) is 12.9. The first kappa shape index (κ1) is 19.5. The normalized spacial score (nSPS) is 17.2. The SMILES string of the molecule is Cc1cc(Cl)ccc1N1CCN(C(=O)COc2ccc(Cl)cc2)C(C)C1=O. The molecule has 1 unspecified atom stereocenters. The minimum Gasteiger partial charge on any atom is -0.484 e. The molecule has 1 aliphatic heterocycles. The van der Waals surface area contributed by atoms with Crippen LogP contribution in [-0.2, 0) is 9.59 Å². The number of nitrogens with zero attached hydrogens (tertiary/aromatic N) is 2. The molecule has 0 radical (unpaired) electrons. The number of benzene rings is 2. The lowest BCUT2D eigenvalue weighted by Gasteiger charge is -2.39. The van der Waals surface area contributed by atoms with E-state index < -0.39 is 6.04 Å². The molecule has 0 aliphatic carbocycles. The molecule has 2 amide bonds. The zero-order valence-electron chi connectivity index (χ0n) is 15.1. The summed E-state index contributed by atoms with van der Waals surface area (Å²) < 4.78 is 5.51. The highest BCUT2D eigenvalue weighted by Gasteiger charge is 2.35. The minimum absolute atomic E-state index is 0.119. The fraction of sp³-hybridized carbons (Fsp3) is 0.300. The number of carbonyl (C=O) groups excluding carboxylic acids is 2. The Labute approximate surface area is 168 Å². The van der Waals surface area contributed by atoms with E-state index in [-0.39, 0.29) is 18.4 Å². The van der Waals surface area contributed by atoms with Crippen molar-refractivity contribution in [1.29, 1.82) is 0 Å². The highest BCUT2D eigenvalue weighted by molar-refractivity contribution is 6.31. The van der Waals surface area contributed by atoms with Crippen LogP contribution in [0.3, 0.4) is 0 Å². The Bertz CT molecular complexity index is 855. The maximum atomic E-state index is 12.8. The Morgan fingerprint density at radius 3 is 2.44 bits per heavy atom. The van der Waals surface area contributed by atoms with Crippen molar-refractivity contribution in [2.45, 2.75) is 19.9 Å². The van der Waals surface area contributed by atoms with Gasteiger partial charge < -0.3 is 14.5 Å². The summed E-state index contributed by atoms with van der Waals surface area (Å²) in [6, 6.07) is 11.7. The van der Waals surface area contributed by atoms with Gasteiger partial charge in [-0.3, -0.25) is 9.59 Å². The average Bonchev–Trinajstić information content (AvgIpc) is 2.64. The van der Waals surface area contributed by atoms with Crippen molar-refractivity contribution in [1.82, 2.24) is 4.90 Å². The molecule has 0 bridgehead atoms. The number of amides is 2. The lowest BCUT2D eigenvalue weighted by atomic mass is 10.1. The molecule has 2 aromatic carbocycles. The molecule has 1 fully saturated rings. The maximum absolute atomic E-state index is 12.8. The Balaban J connectivity index is 1.65. The van der Waals surface area contributed by atoms with Crippen LogP contribution >= 0.6 is 23.2 Å². The predicted octanol–water partition coefficient (Wildman–Crippen LogP) is 3.94. The van der Waals surface area contributed by atoms with Crippen molar-refractivity contribution in [2.24, 2.45) is 0 Å². The second-order valence-electron chi connectivity index (χ2n) is 6.43. The van der Waals surface area contributed by atoms with Gasteiger partial charge in [-0.25, -0.2) is 0 Å². The highest BCUT2D eigenvalue weighted by Crippen LogP contribution is 2.26. The van der Waals surface area contributed by atoms with Crippen LogP contribution in [0.2, 0.25) is 10.0 Å². The van der Waals surface area contributed by atoms with Crippen LogP contribution < -0.4 is 9.64 Å². The van der Waals surface area contributed by atoms with Crippen molar-refractivity contribution in [3.05, 3.63) is 58.1 Å². The number of hydrogen-bond donors (Lipinski definition) is 0. The van der Waals surface area contributed by atoms with Gasteiger partial charge in [-0.1, -0.05) is 23.2 Å². The lowest BCUT2D eigenvalue weighted by Crippen LogP contribution is -2.58. The van der Waals surface area contributed by atoms with Crippen LogP contribution in [0.25, 0.3) is 0 Å². The molecule has 0 spiro atoms. The molecule has 2 aromatic rings. The van der Waals surface area contributed by atoms with Gasteiger partial charge in [0, 0.05) is 28.8 Å². The van der Waals surface area contributed by atoms with Crippen molar-refractivity contribution < 1.29 is 14.3 Å². The van der Waals surface area contributed by atoms with E-state index in [1.165, 1.54) is 0 Å². The van der Waals surface area contributed by atoms with Gasteiger partial charge in [-0.15, -0.1) is 0 Å². The first-order valence-electron chi connectivity index (χ1n) is 8.62. The largest absolute Gasteiger partial charge is 0.484 e. The van der Waals surface area contributed by atoms with Crippen LogP contribution in [0.15, 0.2) is 42.5 Å². The summed E-state index contributed by atoms with van der Waals surface area (Å²) in [5.41, 5.74) is 1.75. The molecule has 0 aromatic heterocycles. The van der Waals surface area contributed by atoms with E-state index >= 15 is 0 Å². The Morgan fingerprint density at radius 2 is 1.78 bits per heavy atom. The third-order valence-electron chi connectivity index (χ3n) is 4.60. The fourth-order valence-electron chi connectivity index (χ4n) is 3.13. The highest BCUT2D eigenvalue weighted by atomic mass is 35.5. The fourth-order valence-corrected chi connectivity index (χ4v) is 3.48. The molecular formula is C20H20Cl2N2O3. The third-order valence-corrected chi connectivity index (χ3v) is 5.09. The number of piperazine rings is 1. The summed E-state index contributed by atoms with van der Waals surface area (Å²) in [6.45, 7) is 4.39. The smallest absolute Gasteiger partial charge is 0.261 e. The number of hydrogen-bond acceptors (Lipinski definition) is 3. The number of ether oxygens (including phenoxy) is 1. The quantitative estimate of drug-likeness (QED) is 0.772. The molecule has 142 valence electrons. The summed E-state index contributed by atoms with van der Waals surface area (Å²) in [6.07, 6.45) is 0. The summed E-state index contributed by atoms with van der Waals surface area (Å²) in [5.74, 6) is 0.215. The molecule has 1 heterocycles. The molecule has 3 rings (SSSR count). The number of halogens is 2. The monoisotopic (exact) mass is 406 g/mol. The lowest BCUT2D eigenvalue weighted by molar-refractivity contribution is -0.142. The third kappa shape index (κ3) is 4.37. The van der Waals surface area contributed by atoms with Crippen LogP contribution in [-0.4, -0.2) is 42.5 Å². The number of rotatable bonds is 4. The standard InChI is InChI=1S/C20H20Cl2N2O3/c1-13-11-16(22)5-8-18(13)24-10-9-23(14(2)20(24)26)19(25)12-27-17-6-3-15(21)4-7-17/h3-8,11,14H,9-10,12H2,1-2H3. The van der Waals surface area contributed by atoms with E-state index in [2.05, 4.69) is 0 Å². The van der Waals surface area contributed by atoms with E-state index in [4.69, 9.17) is 27.9 Å². The molecule has 0 saturated carbocycles. The van der Waals surface area contributed by atoms with Crippen LogP contribution in [0, 0.1) is 6.92 Å². The summed E-state index contributed by atoms with van der Waals surface area (Å²) in [4.78, 5) is 28.6. The number of aryl methyl sites for hydroxylation is 1. The number of carbonyl (C=O) groups is 2. The predicted molar refractivity (Wildman–Crippen MR) is 107 cm³/mol. The van der Waals surface area contributed by atoms with Gasteiger partial charge in [-0.2, -0.15) is 0 Å². The summed E-state index contributed by atoms with van der Waals surface area (Å²) >= 11 is 11.8. The molecule has 27 heavy (non-hydrogen) atoms. The van der Waals surface area contributed by atoms with Crippen molar-refractivity contribution in [2.75, 3.05) is 24.6 Å². The summed E-state index contributed by atoms with van der Waals surface area (Å²) in [5, 5.41) is 1.23. The number of anilines is 1. The van der Waals surface area contributed by atoms with Crippen molar-refractivity contribution >= 4 is 40.7 Å². The van der Waals surface area contributed by atoms with Gasteiger partial charge in [0.2, 0.25) is 5.91 Å². The van der Waals surface area contributed by atoms with Gasteiger partial charge in [-0.05, 0) is 61.9 Å². The molecular weight excluding hydrogens is 387 g/mol. The van der Waals surface area contributed by atoms with E-state index in [1.54, 1.807) is 47.1 Å². The van der Waals surface area contributed by atoms with Crippen molar-refractivity contribution in [3.8, 4) is 5.75 Å². The molecule has 7 heteroatoms.